The van der Waals surface area contributed by atoms with Crippen LogP contribution in [0.2, 0.25) is 0 Å². The molecule has 2 fully saturated rings. The van der Waals surface area contributed by atoms with Crippen molar-refractivity contribution in [3.8, 4) is 5.75 Å². The van der Waals surface area contributed by atoms with Gasteiger partial charge in [0.1, 0.15) is 11.7 Å². The predicted molar refractivity (Wildman–Crippen MR) is 132 cm³/mol. The van der Waals surface area contributed by atoms with E-state index in [9.17, 15) is 9.59 Å². The van der Waals surface area contributed by atoms with Gasteiger partial charge in [0.25, 0.3) is 0 Å². The minimum atomic E-state index is -0.773. The van der Waals surface area contributed by atoms with E-state index < -0.39 is 11.3 Å². The Kier molecular flexibility index (Phi) is 10.4. The topological polar surface area (TPSA) is 81.4 Å². The fourth-order valence-corrected chi connectivity index (χ4v) is 6.28. The van der Waals surface area contributed by atoms with E-state index in [1.807, 2.05) is 24.3 Å². The van der Waals surface area contributed by atoms with E-state index in [0.29, 0.717) is 12.5 Å². The van der Waals surface area contributed by atoms with Crippen molar-refractivity contribution in [2.24, 2.45) is 23.5 Å². The molecule has 1 aromatic rings. The van der Waals surface area contributed by atoms with Crippen molar-refractivity contribution >= 4 is 23.5 Å². The monoisotopic (exact) mass is 460 g/mol. The van der Waals surface area contributed by atoms with Gasteiger partial charge in [-0.25, -0.2) is 0 Å². The molecule has 0 aromatic heterocycles. The molecule has 5 nitrogen and oxygen atoms in total. The molecule has 178 valence electrons. The quantitative estimate of drug-likeness (QED) is 0.290. The lowest BCUT2D eigenvalue weighted by atomic mass is 9.86. The van der Waals surface area contributed by atoms with E-state index >= 15 is 0 Å². The fourth-order valence-electron chi connectivity index (χ4n) is 5.00. The van der Waals surface area contributed by atoms with Gasteiger partial charge in [-0.05, 0) is 55.1 Å². The van der Waals surface area contributed by atoms with E-state index in [0.717, 1.165) is 42.7 Å². The van der Waals surface area contributed by atoms with Gasteiger partial charge in [0, 0.05) is 12.5 Å². The van der Waals surface area contributed by atoms with Crippen molar-refractivity contribution < 1.29 is 14.3 Å². The van der Waals surface area contributed by atoms with Crippen molar-refractivity contribution in [1.29, 1.82) is 0 Å². The highest BCUT2D eigenvalue weighted by atomic mass is 32.2. The maximum atomic E-state index is 13.5. The second kappa shape index (κ2) is 13.2. The summed E-state index contributed by atoms with van der Waals surface area (Å²) >= 11 is 1.62. The van der Waals surface area contributed by atoms with Crippen LogP contribution in [0.4, 0.5) is 0 Å². The van der Waals surface area contributed by atoms with Crippen molar-refractivity contribution in [3.05, 3.63) is 29.8 Å². The Hall–Kier alpha value is -1.53. The largest absolute Gasteiger partial charge is 0.497 e. The van der Waals surface area contributed by atoms with Crippen LogP contribution in [0.3, 0.4) is 0 Å². The molecule has 1 unspecified atom stereocenters. The van der Waals surface area contributed by atoms with Crippen LogP contribution in [0, 0.1) is 17.8 Å². The molecule has 0 bridgehead atoms. The van der Waals surface area contributed by atoms with Gasteiger partial charge < -0.3 is 15.8 Å². The summed E-state index contributed by atoms with van der Waals surface area (Å²) in [6.07, 6.45) is 12.7. The molecule has 2 saturated carbocycles. The Morgan fingerprint density at radius 2 is 1.59 bits per heavy atom. The highest BCUT2D eigenvalue weighted by Crippen LogP contribution is 2.32. The lowest BCUT2D eigenvalue weighted by molar-refractivity contribution is -0.136. The molecule has 3 rings (SSSR count). The standard InChI is InChI=1S/C26H40N2O3S/c1-31-22-15-13-19(14-16-22)17-28-26(30)23(24(29)21-11-7-2-3-8-12-21)25(27)32-18-20-9-5-4-6-10-20/h13-16,20-21,23,25H,2-12,17-18,27H2,1H3,(H,28,30)/t23-,25?/m0/s1. The van der Waals surface area contributed by atoms with Crippen LogP contribution in [0.15, 0.2) is 24.3 Å². The van der Waals surface area contributed by atoms with Crippen LogP contribution < -0.4 is 15.8 Å². The zero-order chi connectivity index (χ0) is 22.8. The van der Waals surface area contributed by atoms with Gasteiger partial charge in [-0.15, -0.1) is 11.8 Å². The first-order valence-corrected chi connectivity index (χ1v) is 13.4. The Morgan fingerprint density at radius 3 is 2.22 bits per heavy atom. The summed E-state index contributed by atoms with van der Waals surface area (Å²) in [5.74, 6) is 1.42. The van der Waals surface area contributed by atoms with Gasteiger partial charge in [0.2, 0.25) is 5.91 Å². The summed E-state index contributed by atoms with van der Waals surface area (Å²) < 4.78 is 5.20. The number of benzene rings is 1. The maximum absolute atomic E-state index is 13.5. The number of ketones is 1. The molecule has 0 spiro atoms. The van der Waals surface area contributed by atoms with Crippen LogP contribution in [-0.4, -0.2) is 29.9 Å². The molecule has 6 heteroatoms. The molecule has 1 aromatic carbocycles. The van der Waals surface area contributed by atoms with Gasteiger partial charge >= 0.3 is 0 Å². The van der Waals surface area contributed by atoms with E-state index in [4.69, 9.17) is 10.5 Å². The zero-order valence-electron chi connectivity index (χ0n) is 19.5. The van der Waals surface area contributed by atoms with E-state index in [2.05, 4.69) is 5.32 Å². The second-order valence-corrected chi connectivity index (χ2v) is 10.6. The third-order valence-electron chi connectivity index (χ3n) is 7.05. The first kappa shape index (κ1) is 25.1. The SMILES string of the molecule is COc1ccc(CNC(=O)[C@@H](C(=O)C2CCCCCC2)C(N)SCC2CCCCC2)cc1. The number of amides is 1. The van der Waals surface area contributed by atoms with Crippen molar-refractivity contribution in [1.82, 2.24) is 5.32 Å². The molecule has 2 aliphatic rings. The highest BCUT2D eigenvalue weighted by Gasteiger charge is 2.37. The number of carbonyl (C=O) groups excluding carboxylic acids is 2. The lowest BCUT2D eigenvalue weighted by Crippen LogP contribution is -2.47. The average molecular weight is 461 g/mol. The summed E-state index contributed by atoms with van der Waals surface area (Å²) in [6.45, 7) is 0.386. The van der Waals surface area contributed by atoms with Crippen LogP contribution in [0.1, 0.15) is 76.2 Å². The number of hydrogen-bond donors (Lipinski definition) is 2. The Bertz CT molecular complexity index is 710. The van der Waals surface area contributed by atoms with Crippen LogP contribution in [0.25, 0.3) is 0 Å². The average Bonchev–Trinajstić information content (AvgIpc) is 3.12. The summed E-state index contributed by atoms with van der Waals surface area (Å²) in [5.41, 5.74) is 7.53. The first-order valence-electron chi connectivity index (χ1n) is 12.4. The van der Waals surface area contributed by atoms with Gasteiger partial charge in [-0.2, -0.15) is 0 Å². The maximum Gasteiger partial charge on any atom is 0.233 e. The van der Waals surface area contributed by atoms with Crippen LogP contribution in [-0.2, 0) is 16.1 Å². The summed E-state index contributed by atoms with van der Waals surface area (Å²) in [7, 11) is 1.63. The number of methoxy groups -OCH3 is 1. The molecule has 0 radical (unpaired) electrons. The molecule has 2 aliphatic carbocycles. The number of thioether (sulfide) groups is 1. The van der Waals surface area contributed by atoms with E-state index in [1.54, 1.807) is 18.9 Å². The molecular formula is C26H40N2O3S. The molecule has 2 atom stereocenters. The van der Waals surface area contributed by atoms with Crippen molar-refractivity contribution in [2.75, 3.05) is 12.9 Å². The molecule has 0 heterocycles. The minimum Gasteiger partial charge on any atom is -0.497 e. The molecule has 1 amide bonds. The number of hydrogen-bond acceptors (Lipinski definition) is 5. The summed E-state index contributed by atoms with van der Waals surface area (Å²) in [5, 5.41) is 2.51. The number of ether oxygens (including phenoxy) is 1. The predicted octanol–water partition coefficient (Wildman–Crippen LogP) is 5.07. The van der Waals surface area contributed by atoms with Gasteiger partial charge in [0.05, 0.1) is 12.5 Å². The fraction of sp³-hybridized carbons (Fsp3) is 0.692. The number of carbonyl (C=O) groups is 2. The molecule has 0 aliphatic heterocycles. The van der Waals surface area contributed by atoms with Gasteiger partial charge in [-0.3, -0.25) is 9.59 Å². The van der Waals surface area contributed by atoms with Gasteiger partial charge in [-0.1, -0.05) is 57.1 Å². The molecule has 32 heavy (non-hydrogen) atoms. The van der Waals surface area contributed by atoms with Crippen molar-refractivity contribution in [3.63, 3.8) is 0 Å². The minimum absolute atomic E-state index is 0.0319. The van der Waals surface area contributed by atoms with Crippen LogP contribution in [0.5, 0.6) is 5.75 Å². The second-order valence-electron chi connectivity index (χ2n) is 9.44. The molecule has 0 saturated heterocycles. The Morgan fingerprint density at radius 1 is 1.00 bits per heavy atom. The van der Waals surface area contributed by atoms with Gasteiger partial charge in [0.15, 0.2) is 5.78 Å². The Labute approximate surface area is 197 Å². The number of nitrogens with one attached hydrogen (secondary N) is 1. The normalized spacial score (nSPS) is 20.2. The number of Topliss-reactive ketones (excluding diaryl/α,β-unsaturated/α-hetero) is 1. The number of nitrogens with two attached hydrogens (primary N) is 1. The summed E-state index contributed by atoms with van der Waals surface area (Å²) in [4.78, 5) is 26.8. The third-order valence-corrected chi connectivity index (χ3v) is 8.37. The van der Waals surface area contributed by atoms with Crippen LogP contribution >= 0.6 is 11.8 Å². The molecule has 3 N–H and O–H groups in total. The number of rotatable bonds is 10. The van der Waals surface area contributed by atoms with E-state index in [-0.39, 0.29) is 17.6 Å². The highest BCUT2D eigenvalue weighted by molar-refractivity contribution is 7.99. The smallest absolute Gasteiger partial charge is 0.233 e. The van der Waals surface area contributed by atoms with E-state index in [1.165, 1.54) is 44.9 Å². The molecular weight excluding hydrogens is 420 g/mol. The first-order chi connectivity index (χ1) is 15.6. The van der Waals surface area contributed by atoms with Crippen molar-refractivity contribution in [2.45, 2.75) is 82.5 Å². The zero-order valence-corrected chi connectivity index (χ0v) is 20.3. The lowest BCUT2D eigenvalue weighted by Gasteiger charge is -2.28. The third kappa shape index (κ3) is 7.51. The summed E-state index contributed by atoms with van der Waals surface area (Å²) in [6, 6.07) is 7.61. The Balaban J connectivity index is 1.64.